The number of rotatable bonds is 7. The van der Waals surface area contributed by atoms with Gasteiger partial charge in [0.1, 0.15) is 12.3 Å². The second-order valence-corrected chi connectivity index (χ2v) is 6.81. The topological polar surface area (TPSA) is 52.4 Å². The number of carbonyl (C=O) groups is 1. The summed E-state index contributed by atoms with van der Waals surface area (Å²) in [4.78, 5) is 16.0. The first-order valence-electron chi connectivity index (χ1n) is 9.38. The van der Waals surface area contributed by atoms with Crippen molar-refractivity contribution in [1.29, 1.82) is 0 Å². The van der Waals surface area contributed by atoms with Crippen molar-refractivity contribution in [2.24, 2.45) is 0 Å². The lowest BCUT2D eigenvalue weighted by Crippen LogP contribution is -3.13. The summed E-state index contributed by atoms with van der Waals surface area (Å²) in [5.74, 6) is 0.711. The number of quaternary nitrogens is 1. The van der Waals surface area contributed by atoms with E-state index in [1.165, 1.54) is 35.8 Å². The van der Waals surface area contributed by atoms with Crippen LogP contribution >= 0.6 is 0 Å². The largest absolute Gasteiger partial charge is 0.497 e. The first-order chi connectivity index (χ1) is 14.0. The molecule has 0 atom stereocenters. The summed E-state index contributed by atoms with van der Waals surface area (Å²) in [7, 11) is 2.99. The van der Waals surface area contributed by atoms with E-state index in [9.17, 15) is 13.6 Å². The number of ether oxygens (including phenoxy) is 3. The SMILES string of the molecule is COc1ccc(C[NH+]2CCN(C(=O)c3ccc(OC(F)F)c(OC)c3)CC2)cc1. The third kappa shape index (κ3) is 5.35. The molecule has 0 unspecified atom stereocenters. The molecular formula is C21H25F2N2O4+. The van der Waals surface area contributed by atoms with Crippen LogP contribution in [-0.4, -0.2) is 57.8 Å². The van der Waals surface area contributed by atoms with Crippen molar-refractivity contribution in [2.75, 3.05) is 40.4 Å². The van der Waals surface area contributed by atoms with Gasteiger partial charge in [0.05, 0.1) is 40.4 Å². The zero-order valence-corrected chi connectivity index (χ0v) is 16.5. The number of benzene rings is 2. The fraction of sp³-hybridized carbons (Fsp3) is 0.381. The van der Waals surface area contributed by atoms with Gasteiger partial charge in [-0.3, -0.25) is 4.79 Å². The Kier molecular flexibility index (Phi) is 6.87. The Morgan fingerprint density at radius 3 is 2.31 bits per heavy atom. The first-order valence-corrected chi connectivity index (χ1v) is 9.38. The van der Waals surface area contributed by atoms with E-state index in [0.29, 0.717) is 18.7 Å². The predicted octanol–water partition coefficient (Wildman–Crippen LogP) is 1.85. The summed E-state index contributed by atoms with van der Waals surface area (Å²) >= 11 is 0. The van der Waals surface area contributed by atoms with Crippen molar-refractivity contribution >= 4 is 5.91 Å². The number of alkyl halides is 2. The standard InChI is InChI=1S/C21H24F2N2O4/c1-27-17-6-3-15(4-7-17)14-24-9-11-25(12-10-24)20(26)16-5-8-18(29-21(22)23)19(13-16)28-2/h3-8,13,21H,9-12,14H2,1-2H3/p+1. The molecule has 156 valence electrons. The molecule has 8 heteroatoms. The van der Waals surface area contributed by atoms with Gasteiger partial charge < -0.3 is 24.0 Å². The number of carbonyl (C=O) groups excluding carboxylic acids is 1. The Labute approximate surface area is 168 Å². The normalized spacial score (nSPS) is 14.7. The average Bonchev–Trinajstić information content (AvgIpc) is 2.74. The van der Waals surface area contributed by atoms with E-state index >= 15 is 0 Å². The molecule has 1 saturated heterocycles. The van der Waals surface area contributed by atoms with Crippen molar-refractivity contribution in [2.45, 2.75) is 13.2 Å². The minimum absolute atomic E-state index is 0.0900. The summed E-state index contributed by atoms with van der Waals surface area (Å²) in [6.45, 7) is 0.860. The van der Waals surface area contributed by atoms with E-state index in [1.807, 2.05) is 12.1 Å². The molecular weight excluding hydrogens is 382 g/mol. The lowest BCUT2D eigenvalue weighted by molar-refractivity contribution is -0.917. The Balaban J connectivity index is 1.58. The molecule has 0 aromatic heterocycles. The smallest absolute Gasteiger partial charge is 0.387 e. The highest BCUT2D eigenvalue weighted by atomic mass is 19.3. The number of nitrogens with zero attached hydrogens (tertiary/aromatic N) is 1. The van der Waals surface area contributed by atoms with Crippen LogP contribution in [0.15, 0.2) is 42.5 Å². The van der Waals surface area contributed by atoms with Gasteiger partial charge in [0.2, 0.25) is 0 Å². The van der Waals surface area contributed by atoms with Crippen molar-refractivity contribution in [3.8, 4) is 17.2 Å². The average molecular weight is 407 g/mol. The van der Waals surface area contributed by atoms with Crippen molar-refractivity contribution in [3.63, 3.8) is 0 Å². The van der Waals surface area contributed by atoms with Crippen LogP contribution in [-0.2, 0) is 6.54 Å². The second-order valence-electron chi connectivity index (χ2n) is 6.81. The third-order valence-corrected chi connectivity index (χ3v) is 5.00. The maximum atomic E-state index is 12.8. The van der Waals surface area contributed by atoms with Crippen LogP contribution in [0.4, 0.5) is 8.78 Å². The van der Waals surface area contributed by atoms with Crippen molar-refractivity contribution in [3.05, 3.63) is 53.6 Å². The van der Waals surface area contributed by atoms with Gasteiger partial charge in [-0.1, -0.05) is 0 Å². The van der Waals surface area contributed by atoms with Crippen LogP contribution in [0.3, 0.4) is 0 Å². The van der Waals surface area contributed by atoms with Crippen LogP contribution in [0.1, 0.15) is 15.9 Å². The van der Waals surface area contributed by atoms with Crippen LogP contribution in [0, 0.1) is 0 Å². The van der Waals surface area contributed by atoms with E-state index in [1.54, 1.807) is 12.0 Å². The minimum Gasteiger partial charge on any atom is -0.497 e. The molecule has 29 heavy (non-hydrogen) atoms. The van der Waals surface area contributed by atoms with Crippen LogP contribution in [0.25, 0.3) is 0 Å². The number of methoxy groups -OCH3 is 2. The van der Waals surface area contributed by atoms with Crippen LogP contribution in [0.5, 0.6) is 17.2 Å². The van der Waals surface area contributed by atoms with Crippen LogP contribution < -0.4 is 19.1 Å². The van der Waals surface area contributed by atoms with Gasteiger partial charge in [0.15, 0.2) is 11.5 Å². The highest BCUT2D eigenvalue weighted by Crippen LogP contribution is 2.29. The summed E-state index contributed by atoms with van der Waals surface area (Å²) in [5.41, 5.74) is 1.61. The fourth-order valence-corrected chi connectivity index (χ4v) is 3.41. The lowest BCUT2D eigenvalue weighted by atomic mass is 10.1. The van der Waals surface area contributed by atoms with Gasteiger partial charge >= 0.3 is 6.61 Å². The van der Waals surface area contributed by atoms with Crippen molar-refractivity contribution < 1.29 is 32.7 Å². The van der Waals surface area contributed by atoms with E-state index < -0.39 is 6.61 Å². The monoisotopic (exact) mass is 407 g/mol. The Bertz CT molecular complexity index is 822. The van der Waals surface area contributed by atoms with Gasteiger partial charge in [0, 0.05) is 11.1 Å². The minimum atomic E-state index is -2.95. The van der Waals surface area contributed by atoms with Crippen molar-refractivity contribution in [1.82, 2.24) is 4.90 Å². The summed E-state index contributed by atoms with van der Waals surface area (Å²) in [5, 5.41) is 0. The summed E-state index contributed by atoms with van der Waals surface area (Å²) < 4.78 is 39.6. The molecule has 1 N–H and O–H groups in total. The molecule has 6 nitrogen and oxygen atoms in total. The quantitative estimate of drug-likeness (QED) is 0.761. The van der Waals surface area contributed by atoms with E-state index in [0.717, 1.165) is 25.4 Å². The maximum absolute atomic E-state index is 12.8. The highest BCUT2D eigenvalue weighted by molar-refractivity contribution is 5.95. The number of hydrogen-bond donors (Lipinski definition) is 1. The highest BCUT2D eigenvalue weighted by Gasteiger charge is 2.25. The Hall–Kier alpha value is -2.87. The Morgan fingerprint density at radius 1 is 1.03 bits per heavy atom. The number of nitrogens with one attached hydrogen (secondary N) is 1. The predicted molar refractivity (Wildman–Crippen MR) is 103 cm³/mol. The fourth-order valence-electron chi connectivity index (χ4n) is 3.41. The van der Waals surface area contributed by atoms with Gasteiger partial charge in [-0.15, -0.1) is 0 Å². The zero-order chi connectivity index (χ0) is 20.8. The number of piperazine rings is 1. The third-order valence-electron chi connectivity index (χ3n) is 5.00. The molecule has 0 spiro atoms. The van der Waals surface area contributed by atoms with Gasteiger partial charge in [0.25, 0.3) is 5.91 Å². The molecule has 2 aromatic rings. The molecule has 1 aliphatic heterocycles. The second kappa shape index (κ2) is 9.56. The molecule has 0 bridgehead atoms. The van der Waals surface area contributed by atoms with E-state index in [2.05, 4.69) is 16.9 Å². The molecule has 1 heterocycles. The summed E-state index contributed by atoms with van der Waals surface area (Å²) in [6, 6.07) is 12.3. The number of hydrogen-bond acceptors (Lipinski definition) is 4. The molecule has 1 fully saturated rings. The van der Waals surface area contributed by atoms with E-state index in [4.69, 9.17) is 9.47 Å². The van der Waals surface area contributed by atoms with E-state index in [-0.39, 0.29) is 17.4 Å². The molecule has 3 rings (SSSR count). The first kappa shape index (κ1) is 20.9. The van der Waals surface area contributed by atoms with Crippen LogP contribution in [0.2, 0.25) is 0 Å². The number of amides is 1. The van der Waals surface area contributed by atoms with Gasteiger partial charge in [-0.25, -0.2) is 0 Å². The molecule has 0 saturated carbocycles. The molecule has 1 amide bonds. The molecule has 2 aromatic carbocycles. The molecule has 0 aliphatic carbocycles. The van der Waals surface area contributed by atoms with Gasteiger partial charge in [-0.05, 0) is 42.5 Å². The summed E-state index contributed by atoms with van der Waals surface area (Å²) in [6.07, 6.45) is 0. The molecule has 0 radical (unpaired) electrons. The van der Waals surface area contributed by atoms with Gasteiger partial charge in [-0.2, -0.15) is 8.78 Å². The Morgan fingerprint density at radius 2 is 1.72 bits per heavy atom. The lowest BCUT2D eigenvalue weighted by Gasteiger charge is -2.32. The zero-order valence-electron chi connectivity index (χ0n) is 16.5. The molecule has 1 aliphatic rings. The maximum Gasteiger partial charge on any atom is 0.387 e. The number of halogens is 2.